The van der Waals surface area contributed by atoms with Crippen LogP contribution in [0.25, 0.3) is 17.2 Å². The van der Waals surface area contributed by atoms with E-state index in [9.17, 15) is 0 Å². The highest BCUT2D eigenvalue weighted by molar-refractivity contribution is 5.79. The Morgan fingerprint density at radius 1 is 1.13 bits per heavy atom. The van der Waals surface area contributed by atoms with Crippen LogP contribution in [0.5, 0.6) is 0 Å². The fourth-order valence-electron chi connectivity index (χ4n) is 4.87. The number of fused-ring (bicyclic) bond motifs is 3. The number of anilines is 3. The van der Waals surface area contributed by atoms with Crippen LogP contribution in [0.1, 0.15) is 34.6 Å². The van der Waals surface area contributed by atoms with Gasteiger partial charge in [-0.1, -0.05) is 36.4 Å². The Morgan fingerprint density at radius 3 is 2.97 bits per heavy atom. The smallest absolute Gasteiger partial charge is 0.300 e. The summed E-state index contributed by atoms with van der Waals surface area (Å²) in [6, 6.07) is 21.3. The highest BCUT2D eigenvalue weighted by atomic mass is 16.4. The van der Waals surface area contributed by atoms with E-state index in [1.807, 2.05) is 31.2 Å². The Labute approximate surface area is 181 Å². The molecule has 5 heteroatoms. The molecule has 1 aromatic heterocycles. The first-order valence-corrected chi connectivity index (χ1v) is 10.7. The van der Waals surface area contributed by atoms with E-state index in [0.717, 1.165) is 46.4 Å². The number of nitrogens with one attached hydrogen (secondary N) is 2. The quantitative estimate of drug-likeness (QED) is 0.405. The predicted molar refractivity (Wildman–Crippen MR) is 126 cm³/mol. The molecular weight excluding hydrogens is 384 g/mol. The molecular formula is C26H24N4O. The summed E-state index contributed by atoms with van der Waals surface area (Å²) in [5.74, 6) is 0.258. The standard InChI is InChI=1S/C26H24N4O/c1-16-6-11-24-23(14-16)29-25(31-24)28-19-8-10-22-18(15-19)12-13-26(27,30-22)21-9-7-17-4-2-3-5-20(17)21/h2-6,8,10-15,21,30H,7,9,27H2,1H3,(H,28,29)/t21?,26-/m1/s1. The van der Waals surface area contributed by atoms with E-state index in [-0.39, 0.29) is 5.92 Å². The molecule has 2 aliphatic rings. The van der Waals surface area contributed by atoms with Crippen LogP contribution in [0.4, 0.5) is 17.4 Å². The minimum atomic E-state index is -0.591. The van der Waals surface area contributed by atoms with Gasteiger partial charge in [0.15, 0.2) is 5.58 Å². The van der Waals surface area contributed by atoms with Gasteiger partial charge in [0.1, 0.15) is 11.2 Å². The van der Waals surface area contributed by atoms with Crippen molar-refractivity contribution in [3.8, 4) is 0 Å². The highest BCUT2D eigenvalue weighted by Crippen LogP contribution is 2.43. The third kappa shape index (κ3) is 3.09. The van der Waals surface area contributed by atoms with Crippen molar-refractivity contribution >= 4 is 34.6 Å². The van der Waals surface area contributed by atoms with Crippen LogP contribution in [0.3, 0.4) is 0 Å². The summed E-state index contributed by atoms with van der Waals surface area (Å²) < 4.78 is 5.83. The van der Waals surface area contributed by atoms with Gasteiger partial charge in [-0.2, -0.15) is 4.98 Å². The van der Waals surface area contributed by atoms with Gasteiger partial charge in [-0.05, 0) is 78.4 Å². The molecule has 0 saturated heterocycles. The Kier molecular flexibility index (Phi) is 3.95. The van der Waals surface area contributed by atoms with Crippen LogP contribution >= 0.6 is 0 Å². The third-order valence-electron chi connectivity index (χ3n) is 6.45. The summed E-state index contributed by atoms with van der Waals surface area (Å²) in [7, 11) is 0. The third-order valence-corrected chi connectivity index (χ3v) is 6.45. The number of aryl methyl sites for hydroxylation is 2. The average Bonchev–Trinajstić information content (AvgIpc) is 3.37. The van der Waals surface area contributed by atoms with Crippen molar-refractivity contribution in [1.29, 1.82) is 0 Å². The SMILES string of the molecule is Cc1ccc2oc(Nc3ccc4c(c3)C=C[C@](N)(C3CCc5ccccc53)N4)nc2c1. The van der Waals surface area contributed by atoms with Gasteiger partial charge in [0.25, 0.3) is 6.01 Å². The van der Waals surface area contributed by atoms with E-state index in [2.05, 4.69) is 64.2 Å². The second-order valence-corrected chi connectivity index (χ2v) is 8.60. The number of rotatable bonds is 3. The number of aromatic nitrogens is 1. The van der Waals surface area contributed by atoms with Crippen LogP contribution in [-0.4, -0.2) is 10.6 Å². The number of benzene rings is 3. The molecule has 0 fully saturated rings. The lowest BCUT2D eigenvalue weighted by molar-refractivity contribution is 0.468. The van der Waals surface area contributed by atoms with Crippen molar-refractivity contribution in [1.82, 2.24) is 4.98 Å². The lowest BCUT2D eigenvalue weighted by Crippen LogP contribution is -2.51. The molecule has 5 nitrogen and oxygen atoms in total. The second kappa shape index (κ2) is 6.72. The maximum Gasteiger partial charge on any atom is 0.300 e. The van der Waals surface area contributed by atoms with Crippen LogP contribution in [-0.2, 0) is 6.42 Å². The summed E-state index contributed by atoms with van der Waals surface area (Å²) in [5.41, 5.74) is 14.9. The fraction of sp³-hybridized carbons (Fsp3) is 0.192. The van der Waals surface area contributed by atoms with E-state index in [1.165, 1.54) is 11.1 Å². The zero-order valence-electron chi connectivity index (χ0n) is 17.4. The minimum Gasteiger partial charge on any atom is -0.423 e. The molecule has 0 spiro atoms. The van der Waals surface area contributed by atoms with Crippen LogP contribution in [0.15, 0.2) is 71.2 Å². The van der Waals surface area contributed by atoms with E-state index in [4.69, 9.17) is 10.2 Å². The Morgan fingerprint density at radius 2 is 2.03 bits per heavy atom. The van der Waals surface area contributed by atoms with Crippen molar-refractivity contribution in [3.05, 3.63) is 89.0 Å². The van der Waals surface area contributed by atoms with Crippen molar-refractivity contribution < 1.29 is 4.42 Å². The topological polar surface area (TPSA) is 76.1 Å². The Bertz CT molecular complexity index is 1340. The van der Waals surface area contributed by atoms with Gasteiger partial charge in [0.05, 0.1) is 0 Å². The second-order valence-electron chi connectivity index (χ2n) is 8.60. The molecule has 0 amide bonds. The minimum absolute atomic E-state index is 0.258. The molecule has 1 aliphatic carbocycles. The first kappa shape index (κ1) is 18.2. The number of nitrogens with zero attached hydrogens (tertiary/aromatic N) is 1. The van der Waals surface area contributed by atoms with Gasteiger partial charge < -0.3 is 20.8 Å². The van der Waals surface area contributed by atoms with Crippen molar-refractivity contribution in [2.24, 2.45) is 5.73 Å². The van der Waals surface area contributed by atoms with E-state index >= 15 is 0 Å². The zero-order chi connectivity index (χ0) is 21.0. The highest BCUT2D eigenvalue weighted by Gasteiger charge is 2.39. The van der Waals surface area contributed by atoms with Crippen molar-refractivity contribution in [3.63, 3.8) is 0 Å². The molecule has 154 valence electrons. The number of nitrogens with two attached hydrogens (primary N) is 1. The van der Waals surface area contributed by atoms with Crippen molar-refractivity contribution in [2.45, 2.75) is 31.3 Å². The van der Waals surface area contributed by atoms with Gasteiger partial charge in [0, 0.05) is 17.3 Å². The number of hydrogen-bond acceptors (Lipinski definition) is 5. The molecule has 1 unspecified atom stereocenters. The largest absolute Gasteiger partial charge is 0.423 e. The average molecular weight is 409 g/mol. The molecule has 4 N–H and O–H groups in total. The zero-order valence-corrected chi connectivity index (χ0v) is 17.4. The van der Waals surface area contributed by atoms with E-state index in [0.29, 0.717) is 6.01 Å². The van der Waals surface area contributed by atoms with Gasteiger partial charge in [-0.15, -0.1) is 0 Å². The fourth-order valence-corrected chi connectivity index (χ4v) is 4.87. The van der Waals surface area contributed by atoms with Gasteiger partial charge >= 0.3 is 0 Å². The lowest BCUT2D eigenvalue weighted by atomic mass is 9.84. The first-order valence-electron chi connectivity index (χ1n) is 10.7. The predicted octanol–water partition coefficient (Wildman–Crippen LogP) is 5.70. The maximum atomic E-state index is 6.87. The molecule has 0 saturated carbocycles. The number of hydrogen-bond donors (Lipinski definition) is 3. The van der Waals surface area contributed by atoms with Crippen LogP contribution in [0, 0.1) is 6.92 Å². The Hall–Kier alpha value is -3.57. The molecule has 1 aliphatic heterocycles. The molecule has 2 atom stereocenters. The van der Waals surface area contributed by atoms with E-state index < -0.39 is 5.66 Å². The van der Waals surface area contributed by atoms with Gasteiger partial charge in [-0.3, -0.25) is 0 Å². The monoisotopic (exact) mass is 408 g/mol. The normalized spacial score (nSPS) is 21.5. The summed E-state index contributed by atoms with van der Waals surface area (Å²) in [6.07, 6.45) is 6.36. The van der Waals surface area contributed by atoms with Gasteiger partial charge in [0.2, 0.25) is 0 Å². The molecule has 3 aromatic carbocycles. The van der Waals surface area contributed by atoms with Gasteiger partial charge in [-0.25, -0.2) is 0 Å². The van der Waals surface area contributed by atoms with Crippen LogP contribution < -0.4 is 16.4 Å². The molecule has 0 bridgehead atoms. The maximum absolute atomic E-state index is 6.87. The number of oxazole rings is 1. The molecule has 4 aromatic rings. The summed E-state index contributed by atoms with van der Waals surface area (Å²) in [4.78, 5) is 4.55. The summed E-state index contributed by atoms with van der Waals surface area (Å²) in [5, 5.41) is 6.88. The van der Waals surface area contributed by atoms with Crippen LogP contribution in [0.2, 0.25) is 0 Å². The summed E-state index contributed by atoms with van der Waals surface area (Å²) >= 11 is 0. The first-order chi connectivity index (χ1) is 15.1. The Balaban J connectivity index is 1.26. The van der Waals surface area contributed by atoms with E-state index in [1.54, 1.807) is 0 Å². The molecule has 2 heterocycles. The molecule has 0 radical (unpaired) electrons. The summed E-state index contributed by atoms with van der Waals surface area (Å²) in [6.45, 7) is 2.05. The molecule has 31 heavy (non-hydrogen) atoms. The van der Waals surface area contributed by atoms with Crippen molar-refractivity contribution in [2.75, 3.05) is 10.6 Å². The lowest BCUT2D eigenvalue weighted by Gasteiger charge is -2.38. The molecule has 6 rings (SSSR count).